The van der Waals surface area contributed by atoms with Crippen LogP contribution in [0.5, 0.6) is 0 Å². The summed E-state index contributed by atoms with van der Waals surface area (Å²) in [5.41, 5.74) is -0.494. The first-order valence-electron chi connectivity index (χ1n) is 7.64. The monoisotopic (exact) mass is 351 g/mol. The number of alkyl carbamates (subject to hydrolysis) is 1. The fourth-order valence-corrected chi connectivity index (χ4v) is 1.81. The Bertz CT molecular complexity index is 332. The van der Waals surface area contributed by atoms with Gasteiger partial charge in [-0.05, 0) is 20.8 Å². The molecule has 136 valence electrons. The van der Waals surface area contributed by atoms with E-state index >= 15 is 0 Å². The van der Waals surface area contributed by atoms with E-state index in [2.05, 4.69) is 5.32 Å². The number of carbonyl (C=O) groups excluding carboxylic acids is 2. The van der Waals surface area contributed by atoms with Crippen LogP contribution in [0.4, 0.5) is 4.79 Å². The Labute approximate surface area is 142 Å². The van der Waals surface area contributed by atoms with Crippen molar-refractivity contribution in [2.45, 2.75) is 33.3 Å². The van der Waals surface area contributed by atoms with E-state index in [0.717, 1.165) is 0 Å². The molecule has 0 atom stereocenters. The molecule has 0 aliphatic carbocycles. The fraction of sp³-hybridized carbons (Fsp3) is 0.867. The molecule has 0 fully saturated rings. The quantitative estimate of drug-likeness (QED) is 0.537. The lowest BCUT2D eigenvalue weighted by Gasteiger charge is -2.19. The van der Waals surface area contributed by atoms with Crippen molar-refractivity contribution >= 4 is 23.0 Å². The van der Waals surface area contributed by atoms with E-state index in [1.165, 1.54) is 18.7 Å². The van der Waals surface area contributed by atoms with Gasteiger partial charge in [0.2, 0.25) is 0 Å². The van der Waals surface area contributed by atoms with Crippen molar-refractivity contribution in [2.75, 3.05) is 51.9 Å². The molecule has 0 heterocycles. The molecule has 0 aromatic heterocycles. The van der Waals surface area contributed by atoms with Crippen LogP contribution in [0.3, 0.4) is 0 Å². The van der Waals surface area contributed by atoms with Gasteiger partial charge in [-0.1, -0.05) is 11.8 Å². The van der Waals surface area contributed by atoms with Crippen LogP contribution in [0.2, 0.25) is 0 Å². The zero-order chi connectivity index (χ0) is 17.6. The van der Waals surface area contributed by atoms with E-state index in [0.29, 0.717) is 51.9 Å². The molecule has 7 nitrogen and oxygen atoms in total. The second-order valence-corrected chi connectivity index (χ2v) is 6.88. The summed E-state index contributed by atoms with van der Waals surface area (Å²) in [6.07, 6.45) is -0.447. The molecular weight excluding hydrogens is 322 g/mol. The van der Waals surface area contributed by atoms with Crippen molar-refractivity contribution in [1.29, 1.82) is 0 Å². The Morgan fingerprint density at radius 1 is 0.913 bits per heavy atom. The predicted octanol–water partition coefficient (Wildman–Crippen LogP) is 1.84. The summed E-state index contributed by atoms with van der Waals surface area (Å²) in [4.78, 5) is 22.0. The van der Waals surface area contributed by atoms with Gasteiger partial charge in [0.05, 0.1) is 39.6 Å². The Hall–Kier alpha value is -0.830. The molecule has 0 saturated carbocycles. The minimum Gasteiger partial charge on any atom is -0.444 e. The molecule has 0 spiro atoms. The molecule has 0 aromatic carbocycles. The first-order chi connectivity index (χ1) is 10.8. The van der Waals surface area contributed by atoms with Gasteiger partial charge in [-0.15, -0.1) is 0 Å². The van der Waals surface area contributed by atoms with Gasteiger partial charge in [-0.25, -0.2) is 4.79 Å². The molecule has 1 N–H and O–H groups in total. The average molecular weight is 351 g/mol. The summed E-state index contributed by atoms with van der Waals surface area (Å²) in [6, 6.07) is 0. The molecule has 0 aromatic rings. The summed E-state index contributed by atoms with van der Waals surface area (Å²) in [5, 5.41) is 2.71. The van der Waals surface area contributed by atoms with Crippen LogP contribution >= 0.6 is 11.8 Å². The van der Waals surface area contributed by atoms with Gasteiger partial charge >= 0.3 is 6.09 Å². The number of amides is 1. The Balaban J connectivity index is 3.19. The lowest BCUT2D eigenvalue weighted by molar-refractivity contribution is -0.109. The number of nitrogens with one attached hydrogen (secondary N) is 1. The molecule has 0 rings (SSSR count). The first-order valence-corrected chi connectivity index (χ1v) is 8.63. The van der Waals surface area contributed by atoms with Crippen LogP contribution < -0.4 is 5.32 Å². The number of hydrogen-bond donors (Lipinski definition) is 1. The smallest absolute Gasteiger partial charge is 0.407 e. The van der Waals surface area contributed by atoms with E-state index in [-0.39, 0.29) is 5.12 Å². The van der Waals surface area contributed by atoms with E-state index in [1.54, 1.807) is 0 Å². The molecular formula is C15H29NO6S. The highest BCUT2D eigenvalue weighted by atomic mass is 32.2. The largest absolute Gasteiger partial charge is 0.444 e. The van der Waals surface area contributed by atoms with E-state index < -0.39 is 11.7 Å². The number of ether oxygens (including phenoxy) is 4. The van der Waals surface area contributed by atoms with Gasteiger partial charge in [0.15, 0.2) is 5.12 Å². The second kappa shape index (κ2) is 13.6. The fourth-order valence-electron chi connectivity index (χ4n) is 1.33. The van der Waals surface area contributed by atoms with Crippen LogP contribution in [0.15, 0.2) is 0 Å². The van der Waals surface area contributed by atoms with Gasteiger partial charge in [-0.3, -0.25) is 4.79 Å². The SMILES string of the molecule is CC(=O)SCCOCCOCCOCCNC(=O)OC(C)(C)C. The standard InChI is InChI=1S/C15H29NO6S/c1-13(17)23-12-11-21-10-9-20-8-7-19-6-5-16-14(18)22-15(2,3)4/h5-12H2,1-4H3,(H,16,18). The zero-order valence-corrected chi connectivity index (χ0v) is 15.3. The van der Waals surface area contributed by atoms with Crippen molar-refractivity contribution in [1.82, 2.24) is 5.32 Å². The van der Waals surface area contributed by atoms with Gasteiger partial charge in [-0.2, -0.15) is 0 Å². The summed E-state index contributed by atoms with van der Waals surface area (Å²) < 4.78 is 21.0. The summed E-state index contributed by atoms with van der Waals surface area (Å²) in [5.74, 6) is 0.670. The Morgan fingerprint density at radius 2 is 1.43 bits per heavy atom. The number of thioether (sulfide) groups is 1. The van der Waals surface area contributed by atoms with Crippen molar-refractivity contribution in [3.8, 4) is 0 Å². The normalized spacial score (nSPS) is 11.3. The summed E-state index contributed by atoms with van der Waals surface area (Å²) >= 11 is 1.25. The van der Waals surface area contributed by atoms with E-state index in [1.807, 2.05) is 20.8 Å². The van der Waals surface area contributed by atoms with Gasteiger partial charge in [0.25, 0.3) is 0 Å². The molecule has 8 heteroatoms. The molecule has 0 unspecified atom stereocenters. The van der Waals surface area contributed by atoms with Crippen LogP contribution in [0.25, 0.3) is 0 Å². The minimum atomic E-state index is -0.494. The number of rotatable bonds is 12. The Kier molecular flexibility index (Phi) is 13.1. The van der Waals surface area contributed by atoms with Crippen molar-refractivity contribution in [3.05, 3.63) is 0 Å². The van der Waals surface area contributed by atoms with Crippen molar-refractivity contribution < 1.29 is 28.5 Å². The molecule has 0 bridgehead atoms. The highest BCUT2D eigenvalue weighted by molar-refractivity contribution is 8.13. The third kappa shape index (κ3) is 19.1. The third-order valence-corrected chi connectivity index (χ3v) is 2.97. The first kappa shape index (κ1) is 22.2. The molecule has 0 aliphatic heterocycles. The second-order valence-electron chi connectivity index (χ2n) is 5.61. The summed E-state index contributed by atoms with van der Waals surface area (Å²) in [7, 11) is 0. The van der Waals surface area contributed by atoms with Crippen LogP contribution in [0.1, 0.15) is 27.7 Å². The maximum Gasteiger partial charge on any atom is 0.407 e. The van der Waals surface area contributed by atoms with Gasteiger partial charge in [0, 0.05) is 19.2 Å². The minimum absolute atomic E-state index is 0.100. The molecule has 0 radical (unpaired) electrons. The lowest BCUT2D eigenvalue weighted by atomic mass is 10.2. The average Bonchev–Trinajstić information content (AvgIpc) is 2.41. The van der Waals surface area contributed by atoms with E-state index in [4.69, 9.17) is 18.9 Å². The van der Waals surface area contributed by atoms with Gasteiger partial charge in [0.1, 0.15) is 5.60 Å². The molecule has 23 heavy (non-hydrogen) atoms. The molecule has 0 saturated heterocycles. The zero-order valence-electron chi connectivity index (χ0n) is 14.5. The third-order valence-electron chi connectivity index (χ3n) is 2.19. The van der Waals surface area contributed by atoms with Crippen molar-refractivity contribution in [3.63, 3.8) is 0 Å². The number of carbonyl (C=O) groups is 2. The highest BCUT2D eigenvalue weighted by Gasteiger charge is 2.15. The van der Waals surface area contributed by atoms with Crippen LogP contribution in [-0.2, 0) is 23.7 Å². The maximum atomic E-state index is 11.3. The summed E-state index contributed by atoms with van der Waals surface area (Å²) in [6.45, 7) is 10.2. The highest BCUT2D eigenvalue weighted by Crippen LogP contribution is 2.06. The van der Waals surface area contributed by atoms with Crippen LogP contribution in [-0.4, -0.2) is 68.7 Å². The molecule has 0 aliphatic rings. The Morgan fingerprint density at radius 3 is 1.96 bits per heavy atom. The van der Waals surface area contributed by atoms with Crippen molar-refractivity contribution in [2.24, 2.45) is 0 Å². The van der Waals surface area contributed by atoms with Gasteiger partial charge < -0.3 is 24.3 Å². The number of hydrogen-bond acceptors (Lipinski definition) is 7. The van der Waals surface area contributed by atoms with E-state index in [9.17, 15) is 9.59 Å². The predicted molar refractivity (Wildman–Crippen MR) is 89.8 cm³/mol. The molecule has 1 amide bonds. The van der Waals surface area contributed by atoms with Crippen LogP contribution in [0, 0.1) is 0 Å². The maximum absolute atomic E-state index is 11.3. The topological polar surface area (TPSA) is 83.1 Å². The lowest BCUT2D eigenvalue weighted by Crippen LogP contribution is -2.34.